The monoisotopic (exact) mass is 426 g/mol. The lowest BCUT2D eigenvalue weighted by atomic mass is 9.59. The molecule has 2 aliphatic carbocycles. The summed E-state index contributed by atoms with van der Waals surface area (Å²) >= 11 is 0. The molecule has 1 aromatic carbocycles. The first-order valence-electron chi connectivity index (χ1n) is 12.2. The normalized spacial score (nSPS) is 36.4. The summed E-state index contributed by atoms with van der Waals surface area (Å²) in [6.07, 6.45) is 6.16. The number of ether oxygens (including phenoxy) is 2. The minimum atomic E-state index is 0.0910. The third kappa shape index (κ3) is 3.68. The van der Waals surface area contributed by atoms with Gasteiger partial charge in [-0.1, -0.05) is 26.0 Å². The van der Waals surface area contributed by atoms with Gasteiger partial charge in [0.25, 0.3) is 0 Å². The van der Waals surface area contributed by atoms with E-state index in [1.807, 2.05) is 0 Å². The SMILES string of the molecule is CC(=O)N[C@H]1C(C)(C)[C@@H]2C[C@@H]3[C@@H](c4cccc(OCCN5CCCC5)c4)OCCC31C2. The van der Waals surface area contributed by atoms with Gasteiger partial charge in [-0.25, -0.2) is 0 Å². The van der Waals surface area contributed by atoms with Crippen molar-refractivity contribution < 1.29 is 14.3 Å². The zero-order valence-electron chi connectivity index (χ0n) is 19.4. The molecule has 5 rings (SSSR count). The van der Waals surface area contributed by atoms with Crippen molar-refractivity contribution in [2.24, 2.45) is 22.7 Å². The predicted molar refractivity (Wildman–Crippen MR) is 121 cm³/mol. The van der Waals surface area contributed by atoms with E-state index >= 15 is 0 Å². The summed E-state index contributed by atoms with van der Waals surface area (Å²) in [5, 5.41) is 3.37. The summed E-state index contributed by atoms with van der Waals surface area (Å²) in [5.74, 6) is 2.13. The molecule has 1 unspecified atom stereocenters. The number of nitrogens with zero attached hydrogens (tertiary/aromatic N) is 1. The molecule has 1 aromatic rings. The number of amides is 1. The molecule has 2 aliphatic heterocycles. The molecular formula is C26H38N2O3. The van der Waals surface area contributed by atoms with Crippen LogP contribution < -0.4 is 10.1 Å². The van der Waals surface area contributed by atoms with E-state index in [4.69, 9.17) is 9.47 Å². The van der Waals surface area contributed by atoms with Gasteiger partial charge in [0.15, 0.2) is 0 Å². The molecule has 2 saturated heterocycles. The Morgan fingerprint density at radius 1 is 1.29 bits per heavy atom. The number of benzene rings is 1. The van der Waals surface area contributed by atoms with Crippen molar-refractivity contribution in [3.63, 3.8) is 0 Å². The lowest BCUT2D eigenvalue weighted by molar-refractivity contribution is -0.136. The number of likely N-dealkylation sites (tertiary alicyclic amines) is 1. The number of nitrogens with one attached hydrogen (secondary N) is 1. The molecule has 4 fully saturated rings. The van der Waals surface area contributed by atoms with E-state index in [9.17, 15) is 4.79 Å². The second-order valence-corrected chi connectivity index (χ2v) is 10.9. The molecule has 0 radical (unpaired) electrons. The fourth-order valence-electron chi connectivity index (χ4n) is 7.40. The van der Waals surface area contributed by atoms with E-state index in [0.717, 1.165) is 31.9 Å². The lowest BCUT2D eigenvalue weighted by Crippen LogP contribution is -2.58. The lowest BCUT2D eigenvalue weighted by Gasteiger charge is -2.53. The van der Waals surface area contributed by atoms with Crippen LogP contribution in [0.4, 0.5) is 0 Å². The van der Waals surface area contributed by atoms with Gasteiger partial charge in [0.2, 0.25) is 5.91 Å². The first-order valence-corrected chi connectivity index (χ1v) is 12.2. The van der Waals surface area contributed by atoms with Crippen molar-refractivity contribution in [3.8, 4) is 5.75 Å². The van der Waals surface area contributed by atoms with E-state index in [1.165, 1.54) is 44.3 Å². The molecule has 2 saturated carbocycles. The molecule has 5 nitrogen and oxygen atoms in total. The van der Waals surface area contributed by atoms with Crippen LogP contribution in [0.15, 0.2) is 24.3 Å². The predicted octanol–water partition coefficient (Wildman–Crippen LogP) is 4.18. The molecule has 0 aromatic heterocycles. The molecule has 2 bridgehead atoms. The maximum atomic E-state index is 12.1. The third-order valence-corrected chi connectivity index (χ3v) is 8.91. The highest BCUT2D eigenvalue weighted by molar-refractivity contribution is 5.73. The highest BCUT2D eigenvalue weighted by Gasteiger charge is 2.68. The fourth-order valence-corrected chi connectivity index (χ4v) is 7.40. The minimum absolute atomic E-state index is 0.0910. The number of hydrogen-bond acceptors (Lipinski definition) is 4. The van der Waals surface area contributed by atoms with E-state index in [0.29, 0.717) is 11.8 Å². The van der Waals surface area contributed by atoms with Gasteiger partial charge in [0.05, 0.1) is 6.10 Å². The molecule has 1 amide bonds. The van der Waals surface area contributed by atoms with Crippen molar-refractivity contribution in [2.75, 3.05) is 32.8 Å². The van der Waals surface area contributed by atoms with E-state index < -0.39 is 0 Å². The zero-order chi connectivity index (χ0) is 21.6. The molecule has 2 heterocycles. The van der Waals surface area contributed by atoms with Gasteiger partial charge in [-0.3, -0.25) is 9.69 Å². The maximum absolute atomic E-state index is 12.1. The zero-order valence-corrected chi connectivity index (χ0v) is 19.4. The van der Waals surface area contributed by atoms with Gasteiger partial charge < -0.3 is 14.8 Å². The van der Waals surface area contributed by atoms with Gasteiger partial charge in [0.1, 0.15) is 12.4 Å². The van der Waals surface area contributed by atoms with Crippen LogP contribution in [0.3, 0.4) is 0 Å². The Morgan fingerprint density at radius 3 is 2.87 bits per heavy atom. The van der Waals surface area contributed by atoms with Gasteiger partial charge in [-0.15, -0.1) is 0 Å². The second kappa shape index (κ2) is 8.08. The number of hydrogen-bond donors (Lipinski definition) is 1. The third-order valence-electron chi connectivity index (χ3n) is 8.91. The van der Waals surface area contributed by atoms with Crippen molar-refractivity contribution in [2.45, 2.75) is 65.0 Å². The van der Waals surface area contributed by atoms with Crippen LogP contribution in [0.2, 0.25) is 0 Å². The molecule has 1 N–H and O–H groups in total. The van der Waals surface area contributed by atoms with E-state index in [2.05, 4.69) is 48.3 Å². The van der Waals surface area contributed by atoms with Crippen LogP contribution in [-0.4, -0.2) is 49.7 Å². The van der Waals surface area contributed by atoms with Gasteiger partial charge in [-0.2, -0.15) is 0 Å². The van der Waals surface area contributed by atoms with Gasteiger partial charge in [0, 0.05) is 26.1 Å². The first kappa shape index (κ1) is 21.3. The van der Waals surface area contributed by atoms with Crippen LogP contribution in [0, 0.1) is 22.7 Å². The molecule has 31 heavy (non-hydrogen) atoms. The van der Waals surface area contributed by atoms with E-state index in [1.54, 1.807) is 6.92 Å². The summed E-state index contributed by atoms with van der Waals surface area (Å²) in [4.78, 5) is 14.5. The summed E-state index contributed by atoms with van der Waals surface area (Å²) in [6.45, 7) is 11.3. The Morgan fingerprint density at radius 2 is 2.10 bits per heavy atom. The Hall–Kier alpha value is -1.59. The van der Waals surface area contributed by atoms with Gasteiger partial charge >= 0.3 is 0 Å². The second-order valence-electron chi connectivity index (χ2n) is 10.9. The number of fused-ring (bicyclic) bond motifs is 1. The largest absolute Gasteiger partial charge is 0.492 e. The average Bonchev–Trinajstić information content (AvgIpc) is 3.43. The number of carbonyl (C=O) groups is 1. The van der Waals surface area contributed by atoms with Crippen molar-refractivity contribution in [1.82, 2.24) is 10.2 Å². The van der Waals surface area contributed by atoms with E-state index in [-0.39, 0.29) is 28.9 Å². The molecular weight excluding hydrogens is 388 g/mol. The maximum Gasteiger partial charge on any atom is 0.217 e. The quantitative estimate of drug-likeness (QED) is 0.741. The standard InChI is InChI=1S/C26H38N2O3/c1-18(29)27-24-25(2,3)20-16-22-23(31-13-9-26(22,24)17-20)19-7-6-8-21(15-19)30-14-12-28-10-4-5-11-28/h6-8,15,20,22-24H,4-5,9-14,16-17H2,1-3H3,(H,27,29)/t20-,22-,23-,24+,26?/m1/s1. The average molecular weight is 427 g/mol. The summed E-state index contributed by atoms with van der Waals surface area (Å²) in [6, 6.07) is 8.79. The number of carbonyl (C=O) groups excluding carboxylic acids is 1. The number of rotatable bonds is 6. The Kier molecular flexibility index (Phi) is 5.54. The Bertz CT molecular complexity index is 819. The summed E-state index contributed by atoms with van der Waals surface area (Å²) in [5.41, 5.74) is 1.52. The highest BCUT2D eigenvalue weighted by Crippen LogP contribution is 2.70. The van der Waals surface area contributed by atoms with Gasteiger partial charge in [-0.05, 0) is 85.6 Å². The molecule has 170 valence electrons. The topological polar surface area (TPSA) is 50.8 Å². The summed E-state index contributed by atoms with van der Waals surface area (Å²) in [7, 11) is 0. The molecule has 5 heteroatoms. The Balaban J connectivity index is 1.33. The van der Waals surface area contributed by atoms with Crippen LogP contribution >= 0.6 is 0 Å². The highest BCUT2D eigenvalue weighted by atomic mass is 16.5. The smallest absolute Gasteiger partial charge is 0.217 e. The minimum Gasteiger partial charge on any atom is -0.492 e. The van der Waals surface area contributed by atoms with Crippen LogP contribution in [-0.2, 0) is 9.53 Å². The van der Waals surface area contributed by atoms with Crippen molar-refractivity contribution in [3.05, 3.63) is 29.8 Å². The fraction of sp³-hybridized carbons (Fsp3) is 0.731. The van der Waals surface area contributed by atoms with Crippen molar-refractivity contribution >= 4 is 5.91 Å². The molecule has 5 atom stereocenters. The van der Waals surface area contributed by atoms with Crippen LogP contribution in [0.5, 0.6) is 5.75 Å². The molecule has 1 spiro atoms. The van der Waals surface area contributed by atoms with Crippen LogP contribution in [0.25, 0.3) is 0 Å². The van der Waals surface area contributed by atoms with Crippen molar-refractivity contribution in [1.29, 1.82) is 0 Å². The Labute approximate surface area is 186 Å². The molecule has 4 aliphatic rings. The first-order chi connectivity index (χ1) is 14.9. The summed E-state index contributed by atoms with van der Waals surface area (Å²) < 4.78 is 12.5. The van der Waals surface area contributed by atoms with Crippen LogP contribution in [0.1, 0.15) is 64.5 Å².